The van der Waals surface area contributed by atoms with E-state index in [-0.39, 0.29) is 22.8 Å². The van der Waals surface area contributed by atoms with E-state index in [4.69, 9.17) is 4.74 Å². The number of nitrogens with one attached hydrogen (secondary N) is 2. The van der Waals surface area contributed by atoms with Crippen LogP contribution >= 0.6 is 0 Å². The first-order valence-corrected chi connectivity index (χ1v) is 7.70. The highest BCUT2D eigenvalue weighted by Gasteiger charge is 2.45. The van der Waals surface area contributed by atoms with Gasteiger partial charge in [0.15, 0.2) is 11.4 Å². The summed E-state index contributed by atoms with van der Waals surface area (Å²) in [6.07, 6.45) is -0.841. The molecule has 25 heavy (non-hydrogen) atoms. The predicted octanol–water partition coefficient (Wildman–Crippen LogP) is 4.29. The van der Waals surface area contributed by atoms with E-state index < -0.39 is 23.0 Å². The molecule has 0 heterocycles. The number of carbonyl (C=O) groups excluding carboxylic acids is 1. The van der Waals surface area contributed by atoms with E-state index in [1.807, 2.05) is 0 Å². The van der Waals surface area contributed by atoms with Crippen molar-refractivity contribution in [3.05, 3.63) is 53.4 Å². The Bertz CT molecular complexity index is 738. The lowest BCUT2D eigenvalue weighted by Crippen LogP contribution is -2.29. The van der Waals surface area contributed by atoms with Crippen molar-refractivity contribution >= 4 is 34.5 Å². The zero-order valence-corrected chi connectivity index (χ0v) is 13.1. The molecular formula is C14H10F3N3O4S. The van der Waals surface area contributed by atoms with Crippen molar-refractivity contribution in [2.75, 3.05) is 10.0 Å². The summed E-state index contributed by atoms with van der Waals surface area (Å²) in [6, 6.07) is 10.5. The lowest BCUT2D eigenvalue weighted by molar-refractivity contribution is -0.0428. The van der Waals surface area contributed by atoms with Crippen molar-refractivity contribution < 1.29 is 27.3 Å². The molecule has 0 radical (unpaired) electrons. The molecule has 0 spiro atoms. The average molecular weight is 373 g/mol. The molecule has 1 atom stereocenters. The van der Waals surface area contributed by atoms with Gasteiger partial charge in [-0.25, -0.2) is 9.52 Å². The minimum Gasteiger partial charge on any atom is -0.586 e. The van der Waals surface area contributed by atoms with Gasteiger partial charge in [-0.2, -0.15) is 0 Å². The summed E-state index contributed by atoms with van der Waals surface area (Å²) < 4.78 is 54.2. The van der Waals surface area contributed by atoms with E-state index in [0.29, 0.717) is 0 Å². The summed E-state index contributed by atoms with van der Waals surface area (Å²) in [5, 5.41) is 5.06. The number of hydrogen-bond donors (Lipinski definition) is 2. The number of amides is 1. The number of anilines is 2. The second-order valence-corrected chi connectivity index (χ2v) is 5.70. The molecule has 0 aliphatic carbocycles. The maximum atomic E-state index is 12.2. The Morgan fingerprint density at radius 1 is 1.04 bits per heavy atom. The van der Waals surface area contributed by atoms with Gasteiger partial charge in [-0.05, 0) is 53.7 Å². The van der Waals surface area contributed by atoms with E-state index in [2.05, 4.69) is 10.5 Å². The van der Waals surface area contributed by atoms with E-state index in [0.717, 1.165) is 0 Å². The molecule has 0 bridgehead atoms. The lowest BCUT2D eigenvalue weighted by atomic mass is 10.3. The van der Waals surface area contributed by atoms with Gasteiger partial charge in [-0.3, -0.25) is 5.32 Å². The van der Waals surface area contributed by atoms with Crippen molar-refractivity contribution in [2.24, 2.45) is 5.18 Å². The number of halogens is 3. The van der Waals surface area contributed by atoms with E-state index in [1.165, 1.54) is 48.5 Å². The van der Waals surface area contributed by atoms with Crippen LogP contribution in [-0.2, 0) is 11.4 Å². The highest BCUT2D eigenvalue weighted by molar-refractivity contribution is 7.93. The first kappa shape index (κ1) is 18.5. The SMILES string of the molecule is O=Nc1ccc(OC(=O)Nc2ccc(N[S+]([O-])C(F)(F)F)cc2)cc1. The summed E-state index contributed by atoms with van der Waals surface area (Å²) in [6.45, 7) is 0. The standard InChI is InChI=1S/C14H10F3N3O4S/c15-14(16,17)25(23)20-11-3-1-9(2-4-11)18-13(21)24-12-7-5-10(19-22)6-8-12/h1-8,20H,(H,18,21). The largest absolute Gasteiger partial charge is 0.598 e. The Kier molecular flexibility index (Phi) is 5.83. The molecular weight excluding hydrogens is 363 g/mol. The Morgan fingerprint density at radius 3 is 2.12 bits per heavy atom. The molecule has 2 rings (SSSR count). The number of benzene rings is 2. The van der Waals surface area contributed by atoms with E-state index in [9.17, 15) is 27.4 Å². The second kappa shape index (κ2) is 7.85. The van der Waals surface area contributed by atoms with Crippen LogP contribution in [0, 0.1) is 4.91 Å². The van der Waals surface area contributed by atoms with Gasteiger partial charge in [-0.15, -0.1) is 18.1 Å². The zero-order valence-electron chi connectivity index (χ0n) is 12.2. The number of ether oxygens (including phenoxy) is 1. The molecule has 0 saturated carbocycles. The second-order valence-electron chi connectivity index (χ2n) is 4.49. The van der Waals surface area contributed by atoms with Crippen molar-refractivity contribution in [3.8, 4) is 5.75 Å². The fourth-order valence-electron chi connectivity index (χ4n) is 1.61. The van der Waals surface area contributed by atoms with Crippen molar-refractivity contribution in [2.45, 2.75) is 5.51 Å². The van der Waals surface area contributed by atoms with Gasteiger partial charge < -0.3 is 9.29 Å². The van der Waals surface area contributed by atoms with E-state index in [1.54, 1.807) is 4.72 Å². The predicted molar refractivity (Wildman–Crippen MR) is 85.8 cm³/mol. The maximum absolute atomic E-state index is 12.2. The summed E-state index contributed by atoms with van der Waals surface area (Å²) >= 11 is -3.23. The number of rotatable bonds is 5. The topological polar surface area (TPSA) is 103 Å². The van der Waals surface area contributed by atoms with Crippen LogP contribution < -0.4 is 14.8 Å². The quantitative estimate of drug-likeness (QED) is 0.601. The number of nitroso groups, excluding NO2 is 1. The minimum absolute atomic E-state index is 0.0356. The minimum atomic E-state index is -4.88. The van der Waals surface area contributed by atoms with Crippen LogP contribution in [-0.4, -0.2) is 16.2 Å². The van der Waals surface area contributed by atoms with Gasteiger partial charge in [0.2, 0.25) is 0 Å². The van der Waals surface area contributed by atoms with E-state index >= 15 is 0 Å². The van der Waals surface area contributed by atoms with Gasteiger partial charge in [0.05, 0.1) is 5.69 Å². The number of hydrogen-bond acceptors (Lipinski definition) is 6. The van der Waals surface area contributed by atoms with Crippen LogP contribution in [0.2, 0.25) is 0 Å². The fourth-order valence-corrected chi connectivity index (χ4v) is 2.08. The average Bonchev–Trinajstić information content (AvgIpc) is 2.56. The monoisotopic (exact) mass is 373 g/mol. The molecule has 0 saturated heterocycles. The van der Waals surface area contributed by atoms with Gasteiger partial charge in [0.25, 0.3) is 0 Å². The third-order valence-corrected chi connectivity index (χ3v) is 3.55. The Hall–Kier alpha value is -2.79. The van der Waals surface area contributed by atoms with Gasteiger partial charge >= 0.3 is 11.6 Å². The number of nitrogens with zero attached hydrogens (tertiary/aromatic N) is 1. The highest BCUT2D eigenvalue weighted by Crippen LogP contribution is 2.26. The third-order valence-electron chi connectivity index (χ3n) is 2.70. The Balaban J connectivity index is 1.91. The number of alkyl halides is 3. The molecule has 2 aromatic rings. The molecule has 132 valence electrons. The molecule has 1 amide bonds. The Labute approximate surface area is 142 Å². The van der Waals surface area contributed by atoms with Gasteiger partial charge in [-0.1, -0.05) is 0 Å². The molecule has 2 aromatic carbocycles. The van der Waals surface area contributed by atoms with Crippen LogP contribution in [0.3, 0.4) is 0 Å². The van der Waals surface area contributed by atoms with Crippen LogP contribution in [0.15, 0.2) is 53.7 Å². The smallest absolute Gasteiger partial charge is 0.586 e. The first-order valence-electron chi connectivity index (χ1n) is 6.55. The fraction of sp³-hybridized carbons (Fsp3) is 0.0714. The normalized spacial score (nSPS) is 12.2. The van der Waals surface area contributed by atoms with Gasteiger partial charge in [0, 0.05) is 5.69 Å². The molecule has 0 aromatic heterocycles. The van der Waals surface area contributed by atoms with Gasteiger partial charge in [0.1, 0.15) is 11.4 Å². The molecule has 0 aliphatic rings. The third kappa shape index (κ3) is 5.65. The molecule has 0 aliphatic heterocycles. The van der Waals surface area contributed by atoms with Crippen molar-refractivity contribution in [1.29, 1.82) is 0 Å². The molecule has 2 N–H and O–H groups in total. The highest BCUT2D eigenvalue weighted by atomic mass is 32.2. The first-order chi connectivity index (χ1) is 11.8. The van der Waals surface area contributed by atoms with Crippen LogP contribution in [0.4, 0.5) is 35.0 Å². The summed E-state index contributed by atoms with van der Waals surface area (Å²) in [5.74, 6) is 0.170. The zero-order chi connectivity index (χ0) is 18.4. The molecule has 11 heteroatoms. The lowest BCUT2D eigenvalue weighted by Gasteiger charge is -2.13. The molecule has 1 unspecified atom stereocenters. The molecule has 0 fully saturated rings. The van der Waals surface area contributed by atoms with Crippen LogP contribution in [0.25, 0.3) is 0 Å². The van der Waals surface area contributed by atoms with Crippen molar-refractivity contribution in [1.82, 2.24) is 0 Å². The summed E-state index contributed by atoms with van der Waals surface area (Å²) in [4.78, 5) is 22.0. The van der Waals surface area contributed by atoms with Crippen molar-refractivity contribution in [3.63, 3.8) is 0 Å². The van der Waals surface area contributed by atoms with Crippen LogP contribution in [0.1, 0.15) is 0 Å². The Morgan fingerprint density at radius 2 is 1.60 bits per heavy atom. The van der Waals surface area contributed by atoms with Crippen LogP contribution in [0.5, 0.6) is 5.75 Å². The molecule has 7 nitrogen and oxygen atoms in total. The summed E-state index contributed by atoms with van der Waals surface area (Å²) in [7, 11) is 0. The number of carbonyl (C=O) groups is 1. The summed E-state index contributed by atoms with van der Waals surface area (Å²) in [5.41, 5.74) is -4.49. The maximum Gasteiger partial charge on any atom is 0.598 e.